The van der Waals surface area contributed by atoms with E-state index in [9.17, 15) is 14.4 Å². The highest BCUT2D eigenvalue weighted by Gasteiger charge is 2.23. The fourth-order valence-corrected chi connectivity index (χ4v) is 3.00. The molecule has 0 bridgehead atoms. The summed E-state index contributed by atoms with van der Waals surface area (Å²) in [7, 11) is 0. The van der Waals surface area contributed by atoms with Crippen LogP contribution >= 0.6 is 0 Å². The van der Waals surface area contributed by atoms with Crippen LogP contribution in [0.3, 0.4) is 0 Å². The zero-order valence-corrected chi connectivity index (χ0v) is 15.5. The van der Waals surface area contributed by atoms with E-state index in [1.54, 1.807) is 58.3 Å². The highest BCUT2D eigenvalue weighted by Crippen LogP contribution is 2.14. The van der Waals surface area contributed by atoms with E-state index in [4.69, 9.17) is 5.26 Å². The molecule has 1 aliphatic rings. The van der Waals surface area contributed by atoms with Gasteiger partial charge in [-0.2, -0.15) is 5.26 Å². The first kappa shape index (κ1) is 19.1. The van der Waals surface area contributed by atoms with E-state index in [0.29, 0.717) is 48.6 Å². The third-order valence-corrected chi connectivity index (χ3v) is 4.68. The molecule has 0 aromatic heterocycles. The average molecular weight is 376 g/mol. The van der Waals surface area contributed by atoms with Gasteiger partial charge in [0, 0.05) is 49.9 Å². The second-order valence-corrected chi connectivity index (χ2v) is 6.52. The average Bonchev–Trinajstić information content (AvgIpc) is 2.74. The first-order valence-corrected chi connectivity index (χ1v) is 8.94. The predicted octanol–water partition coefficient (Wildman–Crippen LogP) is 2.11. The van der Waals surface area contributed by atoms with Crippen LogP contribution in [0.4, 0.5) is 5.69 Å². The van der Waals surface area contributed by atoms with Gasteiger partial charge in [-0.05, 0) is 48.5 Å². The van der Waals surface area contributed by atoms with Gasteiger partial charge < -0.3 is 15.1 Å². The second kappa shape index (κ2) is 8.35. The lowest BCUT2D eigenvalue weighted by Gasteiger charge is -2.34. The molecule has 3 rings (SSSR count). The zero-order chi connectivity index (χ0) is 20.1. The molecule has 0 atom stereocenters. The molecular weight excluding hydrogens is 356 g/mol. The number of benzene rings is 2. The highest BCUT2D eigenvalue weighted by atomic mass is 16.2. The van der Waals surface area contributed by atoms with Gasteiger partial charge in [0.25, 0.3) is 11.8 Å². The van der Waals surface area contributed by atoms with E-state index in [-0.39, 0.29) is 17.7 Å². The van der Waals surface area contributed by atoms with Crippen molar-refractivity contribution in [1.29, 1.82) is 5.26 Å². The van der Waals surface area contributed by atoms with Crippen molar-refractivity contribution in [2.75, 3.05) is 31.5 Å². The maximum Gasteiger partial charge on any atom is 0.255 e. The Morgan fingerprint density at radius 3 is 1.93 bits per heavy atom. The molecular formula is C21H20N4O3. The lowest BCUT2D eigenvalue weighted by Crippen LogP contribution is -2.50. The number of nitriles is 1. The van der Waals surface area contributed by atoms with Crippen LogP contribution in [0.25, 0.3) is 0 Å². The minimum atomic E-state index is -0.293. The Morgan fingerprint density at radius 2 is 1.39 bits per heavy atom. The van der Waals surface area contributed by atoms with Gasteiger partial charge >= 0.3 is 0 Å². The molecule has 142 valence electrons. The third kappa shape index (κ3) is 4.35. The van der Waals surface area contributed by atoms with Crippen LogP contribution in [0.5, 0.6) is 0 Å². The molecule has 1 fully saturated rings. The standard InChI is InChI=1S/C21H20N4O3/c1-15(26)24-10-12-25(13-11-24)21(28)18-6-4-17(5-7-18)20(27)23-19-8-2-16(14-22)3-9-19/h2-9H,10-13H2,1H3,(H,23,27). The summed E-state index contributed by atoms with van der Waals surface area (Å²) in [5.41, 5.74) is 2.05. The summed E-state index contributed by atoms with van der Waals surface area (Å²) in [5.74, 6) is -0.384. The van der Waals surface area contributed by atoms with Crippen LogP contribution < -0.4 is 5.32 Å². The Morgan fingerprint density at radius 1 is 0.857 bits per heavy atom. The highest BCUT2D eigenvalue weighted by molar-refractivity contribution is 6.05. The number of anilines is 1. The molecule has 28 heavy (non-hydrogen) atoms. The topological polar surface area (TPSA) is 93.5 Å². The first-order chi connectivity index (χ1) is 13.5. The van der Waals surface area contributed by atoms with Gasteiger partial charge in [0.05, 0.1) is 11.6 Å². The van der Waals surface area contributed by atoms with Crippen molar-refractivity contribution in [3.05, 3.63) is 65.2 Å². The summed E-state index contributed by atoms with van der Waals surface area (Å²) in [4.78, 5) is 39.8. The first-order valence-electron chi connectivity index (χ1n) is 8.94. The van der Waals surface area contributed by atoms with Crippen LogP contribution in [-0.4, -0.2) is 53.7 Å². The molecule has 0 saturated carbocycles. The maximum absolute atomic E-state index is 12.6. The minimum absolute atomic E-state index is 0.0183. The van der Waals surface area contributed by atoms with E-state index >= 15 is 0 Å². The quantitative estimate of drug-likeness (QED) is 0.888. The van der Waals surface area contributed by atoms with Gasteiger partial charge in [-0.3, -0.25) is 14.4 Å². The minimum Gasteiger partial charge on any atom is -0.339 e. The monoisotopic (exact) mass is 376 g/mol. The molecule has 3 amide bonds. The summed E-state index contributed by atoms with van der Waals surface area (Å²) in [6.07, 6.45) is 0. The SMILES string of the molecule is CC(=O)N1CCN(C(=O)c2ccc(C(=O)Nc3ccc(C#N)cc3)cc2)CC1. The molecule has 1 N–H and O–H groups in total. The molecule has 2 aromatic carbocycles. The summed E-state index contributed by atoms with van der Waals surface area (Å²) in [5, 5.41) is 11.6. The van der Waals surface area contributed by atoms with E-state index < -0.39 is 0 Å². The number of rotatable bonds is 3. The Hall–Kier alpha value is -3.66. The van der Waals surface area contributed by atoms with E-state index in [2.05, 4.69) is 5.32 Å². The molecule has 2 aromatic rings. The predicted molar refractivity (Wildman–Crippen MR) is 104 cm³/mol. The van der Waals surface area contributed by atoms with Gasteiger partial charge in [-0.15, -0.1) is 0 Å². The number of hydrogen-bond acceptors (Lipinski definition) is 4. The number of nitrogens with zero attached hydrogens (tertiary/aromatic N) is 3. The zero-order valence-electron chi connectivity index (χ0n) is 15.5. The maximum atomic E-state index is 12.6. The van der Waals surface area contributed by atoms with Gasteiger partial charge in [0.2, 0.25) is 5.91 Å². The molecule has 1 aliphatic heterocycles. The van der Waals surface area contributed by atoms with Gasteiger partial charge in [0.15, 0.2) is 0 Å². The molecule has 0 unspecified atom stereocenters. The number of carbonyl (C=O) groups excluding carboxylic acids is 3. The number of hydrogen-bond donors (Lipinski definition) is 1. The Bertz CT molecular complexity index is 922. The molecule has 7 nitrogen and oxygen atoms in total. The van der Waals surface area contributed by atoms with E-state index in [0.717, 1.165) is 0 Å². The number of piperazine rings is 1. The smallest absolute Gasteiger partial charge is 0.255 e. The fourth-order valence-electron chi connectivity index (χ4n) is 3.00. The molecule has 1 saturated heterocycles. The van der Waals surface area contributed by atoms with Gasteiger partial charge in [0.1, 0.15) is 0 Å². The number of nitrogens with one attached hydrogen (secondary N) is 1. The third-order valence-electron chi connectivity index (χ3n) is 4.68. The molecule has 1 heterocycles. The van der Waals surface area contributed by atoms with Crippen molar-refractivity contribution in [2.24, 2.45) is 0 Å². The normalized spacial score (nSPS) is 13.6. The lowest BCUT2D eigenvalue weighted by molar-refractivity contribution is -0.130. The van der Waals surface area contributed by atoms with Crippen LogP contribution in [-0.2, 0) is 4.79 Å². The van der Waals surface area contributed by atoms with Crippen molar-refractivity contribution in [3.63, 3.8) is 0 Å². The van der Waals surface area contributed by atoms with Crippen LogP contribution in [0.1, 0.15) is 33.2 Å². The summed E-state index contributed by atoms with van der Waals surface area (Å²) >= 11 is 0. The van der Waals surface area contributed by atoms with Crippen molar-refractivity contribution in [3.8, 4) is 6.07 Å². The van der Waals surface area contributed by atoms with Crippen LogP contribution in [0, 0.1) is 11.3 Å². The second-order valence-electron chi connectivity index (χ2n) is 6.52. The van der Waals surface area contributed by atoms with Crippen molar-refractivity contribution in [2.45, 2.75) is 6.92 Å². The molecule has 0 aliphatic carbocycles. The van der Waals surface area contributed by atoms with Crippen molar-refractivity contribution in [1.82, 2.24) is 9.80 Å². The summed E-state index contributed by atoms with van der Waals surface area (Å²) in [6, 6.07) is 15.1. The van der Waals surface area contributed by atoms with Crippen LogP contribution in [0.2, 0.25) is 0 Å². The van der Waals surface area contributed by atoms with Crippen LogP contribution in [0.15, 0.2) is 48.5 Å². The summed E-state index contributed by atoms with van der Waals surface area (Å²) < 4.78 is 0. The molecule has 0 radical (unpaired) electrons. The number of carbonyl (C=O) groups is 3. The lowest BCUT2D eigenvalue weighted by atomic mass is 10.1. The van der Waals surface area contributed by atoms with E-state index in [1.165, 1.54) is 6.92 Å². The Labute approximate surface area is 163 Å². The fraction of sp³-hybridized carbons (Fsp3) is 0.238. The Balaban J connectivity index is 1.61. The Kier molecular flexibility index (Phi) is 5.70. The van der Waals surface area contributed by atoms with Crippen molar-refractivity contribution >= 4 is 23.4 Å². The van der Waals surface area contributed by atoms with Gasteiger partial charge in [-0.25, -0.2) is 0 Å². The summed E-state index contributed by atoms with van der Waals surface area (Å²) in [6.45, 7) is 3.59. The number of amides is 3. The van der Waals surface area contributed by atoms with Crippen molar-refractivity contribution < 1.29 is 14.4 Å². The largest absolute Gasteiger partial charge is 0.339 e. The molecule has 0 spiro atoms. The van der Waals surface area contributed by atoms with E-state index in [1.807, 2.05) is 6.07 Å². The molecule has 7 heteroatoms. The van der Waals surface area contributed by atoms with Gasteiger partial charge in [-0.1, -0.05) is 0 Å².